The SMILES string of the molecule is C=COC(=O)CCN1CCC(C=C)C1=O. The zero-order valence-corrected chi connectivity index (χ0v) is 8.65. The summed E-state index contributed by atoms with van der Waals surface area (Å²) in [6.07, 6.45) is 3.76. The van der Waals surface area contributed by atoms with Crippen LogP contribution in [0.4, 0.5) is 0 Å². The van der Waals surface area contributed by atoms with E-state index in [-0.39, 0.29) is 24.2 Å². The van der Waals surface area contributed by atoms with E-state index in [1.54, 1.807) is 11.0 Å². The van der Waals surface area contributed by atoms with Crippen LogP contribution in [0.3, 0.4) is 0 Å². The van der Waals surface area contributed by atoms with Crippen molar-refractivity contribution < 1.29 is 14.3 Å². The molecule has 4 heteroatoms. The second-order valence-electron chi connectivity index (χ2n) is 3.36. The first kappa shape index (κ1) is 11.5. The number of amides is 1. The lowest BCUT2D eigenvalue weighted by Gasteiger charge is -2.14. The van der Waals surface area contributed by atoms with E-state index in [4.69, 9.17) is 0 Å². The minimum atomic E-state index is -0.361. The van der Waals surface area contributed by atoms with Crippen molar-refractivity contribution in [1.29, 1.82) is 0 Å². The standard InChI is InChI=1S/C11H15NO3/c1-3-9-5-7-12(11(9)14)8-6-10(13)15-4-2/h3-4,9H,1-2,5-8H2. The molecular formula is C11H15NO3. The molecule has 4 nitrogen and oxygen atoms in total. The van der Waals surface area contributed by atoms with E-state index in [1.807, 2.05) is 0 Å². The number of hydrogen-bond acceptors (Lipinski definition) is 3. The number of hydrogen-bond donors (Lipinski definition) is 0. The van der Waals surface area contributed by atoms with Gasteiger partial charge in [0.05, 0.1) is 18.6 Å². The van der Waals surface area contributed by atoms with Crippen LogP contribution in [0, 0.1) is 5.92 Å². The maximum absolute atomic E-state index is 11.6. The second-order valence-corrected chi connectivity index (χ2v) is 3.36. The first-order valence-electron chi connectivity index (χ1n) is 4.90. The molecule has 0 radical (unpaired) electrons. The molecule has 0 bridgehead atoms. The highest BCUT2D eigenvalue weighted by Crippen LogP contribution is 2.18. The van der Waals surface area contributed by atoms with Crippen LogP contribution in [0.2, 0.25) is 0 Å². The molecule has 1 amide bonds. The molecule has 1 heterocycles. The quantitative estimate of drug-likeness (QED) is 0.387. The zero-order valence-electron chi connectivity index (χ0n) is 8.65. The molecule has 15 heavy (non-hydrogen) atoms. The van der Waals surface area contributed by atoms with Gasteiger partial charge in [-0.3, -0.25) is 9.59 Å². The molecule has 0 N–H and O–H groups in total. The van der Waals surface area contributed by atoms with Crippen molar-refractivity contribution >= 4 is 11.9 Å². The fourth-order valence-electron chi connectivity index (χ4n) is 1.58. The molecule has 1 rings (SSSR count). The van der Waals surface area contributed by atoms with Gasteiger partial charge in [-0.15, -0.1) is 6.58 Å². The smallest absolute Gasteiger partial charge is 0.312 e. The van der Waals surface area contributed by atoms with E-state index in [2.05, 4.69) is 17.9 Å². The molecule has 1 aliphatic rings. The first-order chi connectivity index (χ1) is 7.19. The van der Waals surface area contributed by atoms with Crippen LogP contribution in [-0.2, 0) is 14.3 Å². The third-order valence-electron chi connectivity index (χ3n) is 2.42. The summed E-state index contributed by atoms with van der Waals surface area (Å²) in [5, 5.41) is 0. The molecule has 1 saturated heterocycles. The Morgan fingerprint density at radius 2 is 2.33 bits per heavy atom. The van der Waals surface area contributed by atoms with Gasteiger partial charge >= 0.3 is 5.97 Å². The number of likely N-dealkylation sites (tertiary alicyclic amines) is 1. The zero-order chi connectivity index (χ0) is 11.3. The molecule has 0 aliphatic carbocycles. The number of ether oxygens (including phenoxy) is 1. The van der Waals surface area contributed by atoms with Gasteiger partial charge in [0.25, 0.3) is 0 Å². The third kappa shape index (κ3) is 2.94. The van der Waals surface area contributed by atoms with Gasteiger partial charge in [0.1, 0.15) is 0 Å². The normalized spacial score (nSPS) is 20.1. The minimum Gasteiger partial charge on any atom is -0.435 e. The monoisotopic (exact) mass is 209 g/mol. The van der Waals surface area contributed by atoms with Crippen molar-refractivity contribution in [2.75, 3.05) is 13.1 Å². The second kappa shape index (κ2) is 5.34. The van der Waals surface area contributed by atoms with Crippen LogP contribution in [0.1, 0.15) is 12.8 Å². The molecule has 1 aliphatic heterocycles. The van der Waals surface area contributed by atoms with Crippen molar-refractivity contribution in [3.8, 4) is 0 Å². The van der Waals surface area contributed by atoms with Crippen molar-refractivity contribution in [3.05, 3.63) is 25.5 Å². The number of carbonyl (C=O) groups excluding carboxylic acids is 2. The van der Waals surface area contributed by atoms with Gasteiger partial charge in [-0.2, -0.15) is 0 Å². The molecule has 1 fully saturated rings. The molecule has 0 aromatic rings. The van der Waals surface area contributed by atoms with E-state index in [9.17, 15) is 9.59 Å². The third-order valence-corrected chi connectivity index (χ3v) is 2.42. The lowest BCUT2D eigenvalue weighted by molar-refractivity contribution is -0.139. The van der Waals surface area contributed by atoms with Crippen LogP contribution in [-0.4, -0.2) is 29.9 Å². The van der Waals surface area contributed by atoms with E-state index >= 15 is 0 Å². The lowest BCUT2D eigenvalue weighted by Crippen LogP contribution is -2.29. The van der Waals surface area contributed by atoms with Crippen LogP contribution in [0.25, 0.3) is 0 Å². The van der Waals surface area contributed by atoms with Gasteiger partial charge in [-0.25, -0.2) is 0 Å². The summed E-state index contributed by atoms with van der Waals surface area (Å²) in [7, 11) is 0. The van der Waals surface area contributed by atoms with Crippen LogP contribution < -0.4 is 0 Å². The minimum absolute atomic E-state index is 0.0522. The van der Waals surface area contributed by atoms with Gasteiger partial charge in [0.15, 0.2) is 0 Å². The lowest BCUT2D eigenvalue weighted by atomic mass is 10.1. The Morgan fingerprint density at radius 3 is 2.87 bits per heavy atom. The van der Waals surface area contributed by atoms with E-state index in [0.717, 1.165) is 12.7 Å². The Balaban J connectivity index is 2.34. The first-order valence-corrected chi connectivity index (χ1v) is 4.90. The van der Waals surface area contributed by atoms with Crippen molar-refractivity contribution in [2.24, 2.45) is 5.92 Å². The van der Waals surface area contributed by atoms with Gasteiger partial charge in [-0.1, -0.05) is 12.7 Å². The van der Waals surface area contributed by atoms with Crippen LogP contribution in [0.15, 0.2) is 25.5 Å². The Hall–Kier alpha value is -1.58. The Kier molecular flexibility index (Phi) is 4.09. The van der Waals surface area contributed by atoms with E-state index in [0.29, 0.717) is 13.1 Å². The average molecular weight is 209 g/mol. The summed E-state index contributed by atoms with van der Waals surface area (Å²) in [6, 6.07) is 0. The average Bonchev–Trinajstić information content (AvgIpc) is 2.57. The number of esters is 1. The highest BCUT2D eigenvalue weighted by molar-refractivity contribution is 5.83. The van der Waals surface area contributed by atoms with Gasteiger partial charge in [-0.05, 0) is 6.42 Å². The fraction of sp³-hybridized carbons (Fsp3) is 0.455. The number of carbonyl (C=O) groups is 2. The van der Waals surface area contributed by atoms with Crippen LogP contribution in [0.5, 0.6) is 0 Å². The molecule has 1 atom stereocenters. The highest BCUT2D eigenvalue weighted by Gasteiger charge is 2.29. The van der Waals surface area contributed by atoms with Gasteiger partial charge in [0, 0.05) is 13.1 Å². The van der Waals surface area contributed by atoms with E-state index < -0.39 is 0 Å². The van der Waals surface area contributed by atoms with Gasteiger partial charge < -0.3 is 9.64 Å². The summed E-state index contributed by atoms with van der Waals surface area (Å²) in [5.41, 5.74) is 0. The summed E-state index contributed by atoms with van der Waals surface area (Å²) in [5.74, 6) is -0.392. The van der Waals surface area contributed by atoms with Crippen molar-refractivity contribution in [1.82, 2.24) is 4.90 Å². The summed E-state index contributed by atoms with van der Waals surface area (Å²) in [6.45, 7) is 7.99. The number of rotatable bonds is 5. The van der Waals surface area contributed by atoms with Gasteiger partial charge in [0.2, 0.25) is 5.91 Å². The predicted octanol–water partition coefficient (Wildman–Crippen LogP) is 1.10. The van der Waals surface area contributed by atoms with Crippen molar-refractivity contribution in [3.63, 3.8) is 0 Å². The molecule has 0 saturated carbocycles. The van der Waals surface area contributed by atoms with Crippen molar-refractivity contribution in [2.45, 2.75) is 12.8 Å². The Morgan fingerprint density at radius 1 is 1.60 bits per heavy atom. The maximum atomic E-state index is 11.6. The maximum Gasteiger partial charge on any atom is 0.312 e. The highest BCUT2D eigenvalue weighted by atomic mass is 16.5. The Labute approximate surface area is 89.2 Å². The van der Waals surface area contributed by atoms with Crippen LogP contribution >= 0.6 is 0 Å². The topological polar surface area (TPSA) is 46.6 Å². The number of nitrogens with zero attached hydrogens (tertiary/aromatic N) is 1. The molecule has 0 aromatic heterocycles. The summed E-state index contributed by atoms with van der Waals surface area (Å²) in [4.78, 5) is 24.3. The molecule has 82 valence electrons. The largest absolute Gasteiger partial charge is 0.435 e. The molecule has 1 unspecified atom stereocenters. The Bertz CT molecular complexity index is 286. The summed E-state index contributed by atoms with van der Waals surface area (Å²) < 4.78 is 4.56. The molecular weight excluding hydrogens is 194 g/mol. The molecule has 0 spiro atoms. The fourth-order valence-corrected chi connectivity index (χ4v) is 1.58. The summed E-state index contributed by atoms with van der Waals surface area (Å²) >= 11 is 0. The van der Waals surface area contributed by atoms with E-state index in [1.165, 1.54) is 0 Å². The molecule has 0 aromatic carbocycles. The predicted molar refractivity (Wildman–Crippen MR) is 55.8 cm³/mol.